The highest BCUT2D eigenvalue weighted by atomic mass is 16.5. The Labute approximate surface area is 106 Å². The molecule has 3 heteroatoms. The highest BCUT2D eigenvalue weighted by Gasteiger charge is 2.13. The number of hydrogen-bond acceptors (Lipinski definition) is 3. The predicted octanol–water partition coefficient (Wildman–Crippen LogP) is 3.03. The molecule has 0 aliphatic heterocycles. The SMILES string of the molecule is COC(=O)C(C)COc1ccc2ccccc2c1. The Bertz CT molecular complexity index is 548. The van der Waals surface area contributed by atoms with E-state index in [0.29, 0.717) is 6.61 Å². The van der Waals surface area contributed by atoms with Gasteiger partial charge in [0.05, 0.1) is 13.0 Å². The number of carbonyl (C=O) groups is 1. The number of fused-ring (bicyclic) bond motifs is 1. The maximum atomic E-state index is 11.2. The highest BCUT2D eigenvalue weighted by Crippen LogP contribution is 2.21. The van der Waals surface area contributed by atoms with E-state index >= 15 is 0 Å². The van der Waals surface area contributed by atoms with E-state index in [2.05, 4.69) is 10.8 Å². The van der Waals surface area contributed by atoms with Crippen molar-refractivity contribution in [1.82, 2.24) is 0 Å². The minimum absolute atomic E-state index is 0.254. The van der Waals surface area contributed by atoms with E-state index in [-0.39, 0.29) is 11.9 Å². The van der Waals surface area contributed by atoms with E-state index in [1.807, 2.05) is 36.4 Å². The molecular formula is C15H16O3. The topological polar surface area (TPSA) is 35.5 Å². The second-order valence-electron chi connectivity index (χ2n) is 4.24. The largest absolute Gasteiger partial charge is 0.493 e. The van der Waals surface area contributed by atoms with Crippen molar-refractivity contribution < 1.29 is 14.3 Å². The van der Waals surface area contributed by atoms with Crippen LogP contribution in [0.15, 0.2) is 42.5 Å². The molecule has 0 aromatic heterocycles. The van der Waals surface area contributed by atoms with Crippen molar-refractivity contribution in [2.45, 2.75) is 6.92 Å². The first-order valence-corrected chi connectivity index (χ1v) is 5.90. The molecule has 2 aromatic rings. The van der Waals surface area contributed by atoms with E-state index in [0.717, 1.165) is 11.1 Å². The van der Waals surface area contributed by atoms with Gasteiger partial charge in [0.2, 0.25) is 0 Å². The van der Waals surface area contributed by atoms with Crippen molar-refractivity contribution >= 4 is 16.7 Å². The highest BCUT2D eigenvalue weighted by molar-refractivity contribution is 5.83. The van der Waals surface area contributed by atoms with Gasteiger partial charge in [-0.2, -0.15) is 0 Å². The normalized spacial score (nSPS) is 12.1. The molecule has 0 N–H and O–H groups in total. The summed E-state index contributed by atoms with van der Waals surface area (Å²) in [4.78, 5) is 11.2. The minimum atomic E-state index is -0.263. The second-order valence-corrected chi connectivity index (χ2v) is 4.24. The third kappa shape index (κ3) is 2.80. The van der Waals surface area contributed by atoms with Crippen molar-refractivity contribution in [3.63, 3.8) is 0 Å². The van der Waals surface area contributed by atoms with Crippen molar-refractivity contribution in [2.24, 2.45) is 5.92 Å². The summed E-state index contributed by atoms with van der Waals surface area (Å²) in [5.74, 6) is 0.252. The molecule has 1 unspecified atom stereocenters. The van der Waals surface area contributed by atoms with E-state index in [1.165, 1.54) is 12.5 Å². The maximum absolute atomic E-state index is 11.2. The smallest absolute Gasteiger partial charge is 0.311 e. The van der Waals surface area contributed by atoms with Crippen LogP contribution in [-0.4, -0.2) is 19.7 Å². The van der Waals surface area contributed by atoms with Crippen molar-refractivity contribution in [3.8, 4) is 5.75 Å². The van der Waals surface area contributed by atoms with Gasteiger partial charge in [-0.15, -0.1) is 0 Å². The lowest BCUT2D eigenvalue weighted by Gasteiger charge is -2.11. The molecule has 1 atom stereocenters. The Morgan fingerprint density at radius 3 is 2.61 bits per heavy atom. The van der Waals surface area contributed by atoms with Crippen LogP contribution in [0.4, 0.5) is 0 Å². The summed E-state index contributed by atoms with van der Waals surface area (Å²) < 4.78 is 10.2. The van der Waals surface area contributed by atoms with Crippen LogP contribution in [0.3, 0.4) is 0 Å². The van der Waals surface area contributed by atoms with Crippen molar-refractivity contribution in [2.75, 3.05) is 13.7 Å². The Hall–Kier alpha value is -2.03. The Kier molecular flexibility index (Phi) is 3.82. The number of esters is 1. The van der Waals surface area contributed by atoms with Crippen LogP contribution >= 0.6 is 0 Å². The Morgan fingerprint density at radius 1 is 1.17 bits per heavy atom. The Morgan fingerprint density at radius 2 is 1.89 bits per heavy atom. The lowest BCUT2D eigenvalue weighted by molar-refractivity contribution is -0.145. The molecule has 0 aliphatic rings. The number of rotatable bonds is 4. The molecule has 3 nitrogen and oxygen atoms in total. The van der Waals surface area contributed by atoms with Gasteiger partial charge < -0.3 is 9.47 Å². The predicted molar refractivity (Wildman–Crippen MR) is 70.6 cm³/mol. The summed E-state index contributed by atoms with van der Waals surface area (Å²) >= 11 is 0. The summed E-state index contributed by atoms with van der Waals surface area (Å²) in [5, 5.41) is 2.30. The van der Waals surface area contributed by atoms with Gasteiger partial charge in [-0.3, -0.25) is 4.79 Å². The van der Waals surface area contributed by atoms with E-state index in [1.54, 1.807) is 6.92 Å². The first-order chi connectivity index (χ1) is 8.70. The summed E-state index contributed by atoms with van der Waals surface area (Å²) in [6.45, 7) is 2.11. The average Bonchev–Trinajstić information content (AvgIpc) is 2.43. The number of ether oxygens (including phenoxy) is 2. The van der Waals surface area contributed by atoms with Crippen LogP contribution in [0.5, 0.6) is 5.75 Å². The van der Waals surface area contributed by atoms with Gasteiger partial charge in [0.1, 0.15) is 12.4 Å². The maximum Gasteiger partial charge on any atom is 0.311 e. The number of carbonyl (C=O) groups excluding carboxylic acids is 1. The molecule has 0 radical (unpaired) electrons. The summed E-state index contributed by atoms with van der Waals surface area (Å²) in [7, 11) is 1.38. The van der Waals surface area contributed by atoms with Gasteiger partial charge in [0.25, 0.3) is 0 Å². The molecule has 0 spiro atoms. The zero-order chi connectivity index (χ0) is 13.0. The Balaban J connectivity index is 2.06. The molecule has 0 fully saturated rings. The van der Waals surface area contributed by atoms with Gasteiger partial charge in [-0.05, 0) is 29.8 Å². The number of methoxy groups -OCH3 is 1. The molecule has 0 heterocycles. The molecule has 2 aromatic carbocycles. The van der Waals surface area contributed by atoms with Crippen molar-refractivity contribution in [3.05, 3.63) is 42.5 Å². The number of hydrogen-bond donors (Lipinski definition) is 0. The monoisotopic (exact) mass is 244 g/mol. The third-order valence-corrected chi connectivity index (χ3v) is 2.82. The van der Waals surface area contributed by atoms with Crippen LogP contribution < -0.4 is 4.74 Å². The third-order valence-electron chi connectivity index (χ3n) is 2.82. The molecule has 0 saturated carbocycles. The first-order valence-electron chi connectivity index (χ1n) is 5.90. The fourth-order valence-corrected chi connectivity index (χ4v) is 1.75. The molecule has 0 saturated heterocycles. The molecule has 2 rings (SSSR count). The summed E-state index contributed by atoms with van der Waals surface area (Å²) in [6.07, 6.45) is 0. The summed E-state index contributed by atoms with van der Waals surface area (Å²) in [6, 6.07) is 14.0. The van der Waals surface area contributed by atoms with E-state index in [9.17, 15) is 4.79 Å². The van der Waals surface area contributed by atoms with E-state index < -0.39 is 0 Å². The van der Waals surface area contributed by atoms with E-state index in [4.69, 9.17) is 4.74 Å². The fourth-order valence-electron chi connectivity index (χ4n) is 1.75. The molecular weight excluding hydrogens is 228 g/mol. The first kappa shape index (κ1) is 12.4. The fraction of sp³-hybridized carbons (Fsp3) is 0.267. The summed E-state index contributed by atoms with van der Waals surface area (Å²) in [5.41, 5.74) is 0. The van der Waals surface area contributed by atoms with Crippen LogP contribution in [0.25, 0.3) is 10.8 Å². The van der Waals surface area contributed by atoms with Crippen LogP contribution in [-0.2, 0) is 9.53 Å². The lowest BCUT2D eigenvalue weighted by atomic mass is 10.1. The molecule has 18 heavy (non-hydrogen) atoms. The van der Waals surface area contributed by atoms with Crippen molar-refractivity contribution in [1.29, 1.82) is 0 Å². The second kappa shape index (κ2) is 5.54. The molecule has 0 amide bonds. The zero-order valence-electron chi connectivity index (χ0n) is 10.6. The van der Waals surface area contributed by atoms with Crippen LogP contribution in [0, 0.1) is 5.92 Å². The lowest BCUT2D eigenvalue weighted by Crippen LogP contribution is -2.19. The van der Waals surface area contributed by atoms with Gasteiger partial charge in [0.15, 0.2) is 0 Å². The molecule has 0 bridgehead atoms. The van der Waals surface area contributed by atoms with Gasteiger partial charge in [-0.25, -0.2) is 0 Å². The molecule has 0 aliphatic carbocycles. The van der Waals surface area contributed by atoms with Crippen LogP contribution in [0.2, 0.25) is 0 Å². The standard InChI is InChI=1S/C15H16O3/c1-11(15(16)17-2)10-18-14-8-7-12-5-3-4-6-13(12)9-14/h3-9,11H,10H2,1-2H3. The van der Waals surface area contributed by atoms with Gasteiger partial charge in [-0.1, -0.05) is 30.3 Å². The quantitative estimate of drug-likeness (QED) is 0.775. The van der Waals surface area contributed by atoms with Crippen LogP contribution in [0.1, 0.15) is 6.92 Å². The average molecular weight is 244 g/mol. The molecule has 94 valence electrons. The number of benzene rings is 2. The minimum Gasteiger partial charge on any atom is -0.493 e. The van der Waals surface area contributed by atoms with Gasteiger partial charge in [0, 0.05) is 0 Å². The van der Waals surface area contributed by atoms with Gasteiger partial charge >= 0.3 is 5.97 Å². The zero-order valence-corrected chi connectivity index (χ0v) is 10.6.